The van der Waals surface area contributed by atoms with Gasteiger partial charge in [-0.15, -0.1) is 0 Å². The molecule has 0 aliphatic rings. The van der Waals surface area contributed by atoms with Gasteiger partial charge >= 0.3 is 6.18 Å². The van der Waals surface area contributed by atoms with Crippen LogP contribution in [-0.4, -0.2) is 9.77 Å². The van der Waals surface area contributed by atoms with Crippen molar-refractivity contribution in [3.05, 3.63) is 18.2 Å². The van der Waals surface area contributed by atoms with Crippen molar-refractivity contribution in [2.75, 3.05) is 0 Å². The van der Waals surface area contributed by atoms with Gasteiger partial charge in [-0.3, -0.25) is 0 Å². The van der Waals surface area contributed by atoms with Crippen molar-refractivity contribution >= 4 is 0 Å². The highest BCUT2D eigenvalue weighted by molar-refractivity contribution is 4.99. The highest BCUT2D eigenvalue weighted by Gasteiger charge is 2.33. The molecule has 0 saturated heterocycles. The van der Waals surface area contributed by atoms with Gasteiger partial charge in [-0.1, -0.05) is 4.48 Å². The first-order chi connectivity index (χ1) is 4.50. The van der Waals surface area contributed by atoms with E-state index in [0.29, 0.717) is 6.33 Å². The molecule has 0 aromatic carbocycles. The van der Waals surface area contributed by atoms with E-state index >= 15 is 0 Å². The van der Waals surface area contributed by atoms with E-state index in [1.165, 1.54) is 0 Å². The van der Waals surface area contributed by atoms with Crippen LogP contribution in [0.4, 0.5) is 17.7 Å². The minimum Gasteiger partial charge on any atom is -0.229 e. The molecule has 56 valence electrons. The van der Waals surface area contributed by atoms with Crippen molar-refractivity contribution in [3.8, 4) is 0 Å². The lowest BCUT2D eigenvalue weighted by molar-refractivity contribution is -0.141. The lowest BCUT2D eigenvalue weighted by atomic mass is 10.5. The number of nitrogens with zero attached hydrogens (tertiary/aromatic N) is 2. The molecule has 0 unspecified atom stereocenters. The second kappa shape index (κ2) is 1.96. The summed E-state index contributed by atoms with van der Waals surface area (Å²) in [6.07, 6.45) is -3.85. The molecule has 0 radical (unpaired) electrons. The van der Waals surface area contributed by atoms with Gasteiger partial charge in [0.15, 0.2) is 5.69 Å². The zero-order chi connectivity index (χ0) is 7.78. The molecule has 0 saturated carbocycles. The Morgan fingerprint density at radius 1 is 1.40 bits per heavy atom. The van der Waals surface area contributed by atoms with Crippen LogP contribution >= 0.6 is 0 Å². The maximum Gasteiger partial charge on any atom is 0.434 e. The monoisotopic (exact) mass is 154 g/mol. The Kier molecular flexibility index (Phi) is 1.38. The molecular formula is C4H2F4N2. The van der Waals surface area contributed by atoms with Gasteiger partial charge in [-0.05, 0) is 0 Å². The van der Waals surface area contributed by atoms with Crippen LogP contribution in [0.25, 0.3) is 0 Å². The normalized spacial score (nSPS) is 12.0. The van der Waals surface area contributed by atoms with Gasteiger partial charge in [0.2, 0.25) is 0 Å². The number of imidazole rings is 1. The first-order valence-electron chi connectivity index (χ1n) is 2.27. The molecule has 0 fully saturated rings. The third kappa shape index (κ3) is 1.26. The first-order valence-corrected chi connectivity index (χ1v) is 2.27. The Bertz CT molecular complexity index is 225. The standard InChI is InChI=1S/C4H2F4N2/c5-4(6,7)3-1-10(8)2-9-3/h1-2H. The zero-order valence-electron chi connectivity index (χ0n) is 4.56. The fourth-order valence-corrected chi connectivity index (χ4v) is 0.447. The maximum atomic E-state index is 11.8. The van der Waals surface area contributed by atoms with E-state index in [1.54, 1.807) is 0 Å². The van der Waals surface area contributed by atoms with Crippen LogP contribution < -0.4 is 0 Å². The summed E-state index contributed by atoms with van der Waals surface area (Å²) in [5, 5.41) is 0. The minimum absolute atomic E-state index is 0.247. The molecule has 10 heavy (non-hydrogen) atoms. The average molecular weight is 154 g/mol. The summed E-state index contributed by atoms with van der Waals surface area (Å²) in [5.41, 5.74) is -1.23. The van der Waals surface area contributed by atoms with E-state index in [-0.39, 0.29) is 11.0 Å². The number of hydrogen-bond donors (Lipinski definition) is 0. The van der Waals surface area contributed by atoms with Crippen molar-refractivity contribution in [2.24, 2.45) is 0 Å². The van der Waals surface area contributed by atoms with Crippen molar-refractivity contribution in [2.45, 2.75) is 6.18 Å². The highest BCUT2D eigenvalue weighted by atomic mass is 19.4. The Balaban J connectivity index is 2.96. The molecule has 1 aromatic heterocycles. The second-order valence-electron chi connectivity index (χ2n) is 1.60. The molecule has 0 atom stereocenters. The van der Waals surface area contributed by atoms with Crippen LogP contribution in [-0.2, 0) is 6.18 Å². The Hall–Kier alpha value is -1.07. The molecule has 2 nitrogen and oxygen atoms in total. The maximum absolute atomic E-state index is 11.8. The van der Waals surface area contributed by atoms with Crippen LogP contribution in [0.5, 0.6) is 0 Å². The smallest absolute Gasteiger partial charge is 0.229 e. The van der Waals surface area contributed by atoms with Crippen LogP contribution in [0.15, 0.2) is 12.5 Å². The van der Waals surface area contributed by atoms with Gasteiger partial charge in [0.25, 0.3) is 0 Å². The summed E-state index contributed by atoms with van der Waals surface area (Å²) >= 11 is 0. The van der Waals surface area contributed by atoms with E-state index in [2.05, 4.69) is 4.98 Å². The quantitative estimate of drug-likeness (QED) is 0.519. The van der Waals surface area contributed by atoms with Gasteiger partial charge < -0.3 is 0 Å². The number of aromatic nitrogens is 2. The van der Waals surface area contributed by atoms with Crippen molar-refractivity contribution < 1.29 is 17.7 Å². The summed E-state index contributed by atoms with van der Waals surface area (Å²) in [5.74, 6) is 0. The van der Waals surface area contributed by atoms with Gasteiger partial charge in [0, 0.05) is 0 Å². The van der Waals surface area contributed by atoms with Crippen molar-refractivity contribution in [3.63, 3.8) is 0 Å². The van der Waals surface area contributed by atoms with E-state index in [0.717, 1.165) is 0 Å². The summed E-state index contributed by atoms with van der Waals surface area (Å²) in [7, 11) is 0. The van der Waals surface area contributed by atoms with Crippen LogP contribution in [0.2, 0.25) is 0 Å². The van der Waals surface area contributed by atoms with Gasteiger partial charge in [-0.2, -0.15) is 18.0 Å². The lowest BCUT2D eigenvalue weighted by Crippen LogP contribution is -2.04. The summed E-state index contributed by atoms with van der Waals surface area (Å²) in [4.78, 5) is 2.50. The van der Waals surface area contributed by atoms with Crippen LogP contribution in [0.1, 0.15) is 5.69 Å². The van der Waals surface area contributed by atoms with Crippen LogP contribution in [0.3, 0.4) is 0 Å². The molecular weight excluding hydrogens is 152 g/mol. The van der Waals surface area contributed by atoms with E-state index < -0.39 is 11.9 Å². The molecule has 0 aliphatic heterocycles. The molecule has 0 spiro atoms. The highest BCUT2D eigenvalue weighted by Crippen LogP contribution is 2.26. The number of halogens is 4. The Morgan fingerprint density at radius 2 is 2.00 bits per heavy atom. The fourth-order valence-electron chi connectivity index (χ4n) is 0.447. The van der Waals surface area contributed by atoms with Crippen LogP contribution in [0, 0.1) is 0 Å². The topological polar surface area (TPSA) is 17.8 Å². The molecule has 0 aliphatic carbocycles. The molecule has 0 amide bonds. The zero-order valence-corrected chi connectivity index (χ0v) is 4.56. The van der Waals surface area contributed by atoms with Gasteiger partial charge in [0.1, 0.15) is 6.33 Å². The molecule has 1 aromatic rings. The second-order valence-corrected chi connectivity index (χ2v) is 1.60. The first kappa shape index (κ1) is 7.04. The van der Waals surface area contributed by atoms with E-state index in [9.17, 15) is 17.7 Å². The molecule has 1 heterocycles. The average Bonchev–Trinajstić information content (AvgIpc) is 2.11. The molecule has 6 heteroatoms. The molecule has 0 bridgehead atoms. The number of rotatable bonds is 0. The summed E-state index contributed by atoms with van der Waals surface area (Å²) in [6, 6.07) is 0. The summed E-state index contributed by atoms with van der Waals surface area (Å²) in [6.45, 7) is 0. The molecule has 0 N–H and O–H groups in total. The largest absolute Gasteiger partial charge is 0.434 e. The van der Waals surface area contributed by atoms with E-state index in [1.807, 2.05) is 0 Å². The van der Waals surface area contributed by atoms with E-state index in [4.69, 9.17) is 0 Å². The van der Waals surface area contributed by atoms with Crippen molar-refractivity contribution in [1.82, 2.24) is 9.77 Å². The fraction of sp³-hybridized carbons (Fsp3) is 0.250. The third-order valence-electron chi connectivity index (χ3n) is 0.843. The third-order valence-corrected chi connectivity index (χ3v) is 0.843. The number of alkyl halides is 3. The predicted molar refractivity (Wildman–Crippen MR) is 23.7 cm³/mol. The summed E-state index contributed by atoms with van der Waals surface area (Å²) < 4.78 is 46.5. The predicted octanol–water partition coefficient (Wildman–Crippen LogP) is 1.63. The SMILES string of the molecule is Fn1cnc(C(F)(F)F)c1. The van der Waals surface area contributed by atoms with Gasteiger partial charge in [-0.25, -0.2) is 4.98 Å². The van der Waals surface area contributed by atoms with Gasteiger partial charge in [0.05, 0.1) is 6.20 Å². The Labute approximate surface area is 53.0 Å². The lowest BCUT2D eigenvalue weighted by Gasteiger charge is -1.98. The van der Waals surface area contributed by atoms with Crippen molar-refractivity contribution in [1.29, 1.82) is 0 Å². The number of hydrogen-bond acceptors (Lipinski definition) is 1. The minimum atomic E-state index is -4.56. The Morgan fingerprint density at radius 3 is 2.20 bits per heavy atom. The molecule has 1 rings (SSSR count).